The number of nitrogens with one attached hydrogen (secondary N) is 1. The van der Waals surface area contributed by atoms with E-state index in [2.05, 4.69) is 9.71 Å². The number of aromatic nitrogens is 1. The second-order valence-electron chi connectivity index (χ2n) is 4.31. The summed E-state index contributed by atoms with van der Waals surface area (Å²) in [5, 5.41) is 0.656. The number of thiazole rings is 1. The zero-order valence-electron chi connectivity index (χ0n) is 11.2. The van der Waals surface area contributed by atoms with Crippen molar-refractivity contribution in [2.75, 3.05) is 5.73 Å². The molecule has 0 saturated heterocycles. The number of hydrogen-bond donors (Lipinski definition) is 3. The summed E-state index contributed by atoms with van der Waals surface area (Å²) in [6.07, 6.45) is 1.67. The minimum absolute atomic E-state index is 0.0332. The van der Waals surface area contributed by atoms with Gasteiger partial charge in [-0.1, -0.05) is 0 Å². The number of aryl methyl sites for hydroxylation is 1. The summed E-state index contributed by atoms with van der Waals surface area (Å²) in [4.78, 5) is 16.0. The molecule has 9 heteroatoms. The van der Waals surface area contributed by atoms with Crippen molar-refractivity contribution in [3.05, 3.63) is 39.8 Å². The number of nitrogens with zero attached hydrogens (tertiary/aromatic N) is 1. The molecule has 0 aliphatic heterocycles. The fraction of sp³-hybridized carbons (Fsp3) is 0.167. The average Bonchev–Trinajstić information content (AvgIpc) is 2.82. The first-order valence-electron chi connectivity index (χ1n) is 5.90. The number of hydrogen-bond acceptors (Lipinski definition) is 6. The van der Waals surface area contributed by atoms with Gasteiger partial charge in [-0.05, 0) is 25.1 Å². The lowest BCUT2D eigenvalue weighted by molar-refractivity contribution is 0.1000. The highest BCUT2D eigenvalue weighted by atomic mass is 32.2. The van der Waals surface area contributed by atoms with Crippen LogP contribution in [0.1, 0.15) is 20.2 Å². The number of benzene rings is 1. The highest BCUT2D eigenvalue weighted by Gasteiger charge is 2.18. The summed E-state index contributed by atoms with van der Waals surface area (Å²) in [5.41, 5.74) is 10.9. The number of amides is 1. The molecule has 1 heterocycles. The molecule has 0 atom stereocenters. The van der Waals surface area contributed by atoms with Gasteiger partial charge in [0.2, 0.25) is 15.9 Å². The molecule has 21 heavy (non-hydrogen) atoms. The van der Waals surface area contributed by atoms with Crippen molar-refractivity contribution < 1.29 is 13.2 Å². The van der Waals surface area contributed by atoms with Gasteiger partial charge in [-0.25, -0.2) is 18.1 Å². The number of rotatable bonds is 5. The quantitative estimate of drug-likeness (QED) is 0.693. The predicted octanol–water partition coefficient (Wildman–Crippen LogP) is 0.611. The van der Waals surface area contributed by atoms with E-state index < -0.39 is 15.9 Å². The molecule has 1 aromatic carbocycles. The zero-order chi connectivity index (χ0) is 15.6. The van der Waals surface area contributed by atoms with E-state index >= 15 is 0 Å². The Morgan fingerprint density at radius 1 is 1.43 bits per heavy atom. The number of nitrogen functional groups attached to an aromatic ring is 1. The van der Waals surface area contributed by atoms with Crippen molar-refractivity contribution in [2.24, 2.45) is 5.73 Å². The monoisotopic (exact) mass is 326 g/mol. The number of carbonyl (C=O) groups is 1. The number of sulfonamides is 1. The van der Waals surface area contributed by atoms with Crippen LogP contribution in [0.4, 0.5) is 5.69 Å². The van der Waals surface area contributed by atoms with Crippen molar-refractivity contribution in [3.8, 4) is 0 Å². The fourth-order valence-electron chi connectivity index (χ4n) is 1.66. The lowest BCUT2D eigenvalue weighted by Gasteiger charge is -2.09. The molecule has 1 amide bonds. The number of primary amides is 1. The van der Waals surface area contributed by atoms with Gasteiger partial charge in [0, 0.05) is 16.6 Å². The summed E-state index contributed by atoms with van der Waals surface area (Å²) in [6, 6.07) is 3.82. The number of carbonyl (C=O) groups excluding carboxylic acids is 1. The van der Waals surface area contributed by atoms with Crippen LogP contribution in [0.25, 0.3) is 0 Å². The van der Waals surface area contributed by atoms with Crippen molar-refractivity contribution in [1.82, 2.24) is 9.71 Å². The average molecular weight is 326 g/mol. The Hall–Kier alpha value is -1.97. The van der Waals surface area contributed by atoms with Gasteiger partial charge >= 0.3 is 0 Å². The summed E-state index contributed by atoms with van der Waals surface area (Å²) in [7, 11) is -3.78. The maximum absolute atomic E-state index is 12.2. The van der Waals surface area contributed by atoms with E-state index in [1.807, 2.05) is 6.92 Å². The Balaban J connectivity index is 2.21. The van der Waals surface area contributed by atoms with Crippen LogP contribution in [0.3, 0.4) is 0 Å². The Labute approximate surface area is 126 Å². The van der Waals surface area contributed by atoms with Gasteiger partial charge in [0.25, 0.3) is 0 Å². The fourth-order valence-corrected chi connectivity index (χ4v) is 3.58. The molecular formula is C12H14N4O3S2. The molecule has 5 N–H and O–H groups in total. The molecular weight excluding hydrogens is 312 g/mol. The Kier molecular flexibility index (Phi) is 4.26. The van der Waals surface area contributed by atoms with E-state index in [4.69, 9.17) is 11.5 Å². The molecule has 2 rings (SSSR count). The largest absolute Gasteiger partial charge is 0.398 e. The van der Waals surface area contributed by atoms with Gasteiger partial charge < -0.3 is 11.5 Å². The summed E-state index contributed by atoms with van der Waals surface area (Å²) in [5.74, 6) is -0.670. The van der Waals surface area contributed by atoms with E-state index in [-0.39, 0.29) is 22.7 Å². The van der Waals surface area contributed by atoms with E-state index in [1.165, 1.54) is 29.5 Å². The van der Waals surface area contributed by atoms with Crippen LogP contribution in [-0.2, 0) is 16.6 Å². The van der Waals surface area contributed by atoms with Gasteiger partial charge in [0.05, 0.1) is 12.2 Å². The molecule has 7 nitrogen and oxygen atoms in total. The summed E-state index contributed by atoms with van der Waals surface area (Å²) in [6.45, 7) is 1.97. The second-order valence-corrected chi connectivity index (χ2v) is 7.36. The van der Waals surface area contributed by atoms with E-state index in [0.717, 1.165) is 4.88 Å². The zero-order valence-corrected chi connectivity index (χ0v) is 12.8. The molecule has 0 fully saturated rings. The van der Waals surface area contributed by atoms with Crippen molar-refractivity contribution in [1.29, 1.82) is 0 Å². The van der Waals surface area contributed by atoms with Crippen LogP contribution in [0.15, 0.2) is 29.3 Å². The van der Waals surface area contributed by atoms with Gasteiger partial charge in [-0.15, -0.1) is 11.3 Å². The SMILES string of the molecule is Cc1cnc(CNS(=O)(=O)c2ccc(C(N)=O)cc2N)s1. The van der Waals surface area contributed by atoms with E-state index in [1.54, 1.807) is 6.20 Å². The first kappa shape index (κ1) is 15.4. The molecule has 0 aliphatic rings. The third-order valence-electron chi connectivity index (χ3n) is 2.67. The topological polar surface area (TPSA) is 128 Å². The number of anilines is 1. The van der Waals surface area contributed by atoms with Gasteiger partial charge in [-0.2, -0.15) is 0 Å². The Bertz CT molecular complexity index is 784. The maximum atomic E-state index is 12.2. The third kappa shape index (κ3) is 3.57. The smallest absolute Gasteiger partial charge is 0.248 e. The summed E-state index contributed by atoms with van der Waals surface area (Å²) < 4.78 is 26.8. The van der Waals surface area contributed by atoms with Crippen molar-refractivity contribution in [2.45, 2.75) is 18.4 Å². The predicted molar refractivity (Wildman–Crippen MR) is 80.2 cm³/mol. The minimum Gasteiger partial charge on any atom is -0.398 e. The lowest BCUT2D eigenvalue weighted by Crippen LogP contribution is -2.24. The molecule has 0 radical (unpaired) electrons. The lowest BCUT2D eigenvalue weighted by atomic mass is 10.2. The molecule has 0 bridgehead atoms. The van der Waals surface area contributed by atoms with Gasteiger partial charge in [0.1, 0.15) is 9.90 Å². The molecule has 2 aromatic rings. The van der Waals surface area contributed by atoms with Crippen LogP contribution in [0, 0.1) is 6.92 Å². The van der Waals surface area contributed by atoms with Gasteiger partial charge in [0.15, 0.2) is 0 Å². The number of nitrogens with two attached hydrogens (primary N) is 2. The first-order valence-corrected chi connectivity index (χ1v) is 8.20. The highest BCUT2D eigenvalue weighted by molar-refractivity contribution is 7.89. The molecule has 0 unspecified atom stereocenters. The van der Waals surface area contributed by atoms with Crippen molar-refractivity contribution in [3.63, 3.8) is 0 Å². The van der Waals surface area contributed by atoms with Crippen LogP contribution in [-0.4, -0.2) is 19.3 Å². The third-order valence-corrected chi connectivity index (χ3v) is 5.05. The van der Waals surface area contributed by atoms with Crippen LogP contribution >= 0.6 is 11.3 Å². The Morgan fingerprint density at radius 3 is 2.67 bits per heavy atom. The van der Waals surface area contributed by atoms with E-state index in [0.29, 0.717) is 5.01 Å². The molecule has 112 valence electrons. The highest BCUT2D eigenvalue weighted by Crippen LogP contribution is 2.20. The first-order chi connectivity index (χ1) is 9.79. The van der Waals surface area contributed by atoms with Crippen LogP contribution in [0.5, 0.6) is 0 Å². The van der Waals surface area contributed by atoms with Crippen LogP contribution < -0.4 is 16.2 Å². The minimum atomic E-state index is -3.78. The second kappa shape index (κ2) is 5.80. The maximum Gasteiger partial charge on any atom is 0.248 e. The molecule has 0 spiro atoms. The molecule has 0 aliphatic carbocycles. The molecule has 0 saturated carbocycles. The molecule has 1 aromatic heterocycles. The van der Waals surface area contributed by atoms with Crippen LogP contribution in [0.2, 0.25) is 0 Å². The van der Waals surface area contributed by atoms with E-state index in [9.17, 15) is 13.2 Å². The van der Waals surface area contributed by atoms with Crippen molar-refractivity contribution >= 4 is 33.0 Å². The normalized spacial score (nSPS) is 11.5. The van der Waals surface area contributed by atoms with Gasteiger partial charge in [-0.3, -0.25) is 4.79 Å². The Morgan fingerprint density at radius 2 is 2.14 bits per heavy atom. The summed E-state index contributed by atoms with van der Waals surface area (Å²) >= 11 is 1.40. The standard InChI is InChI=1S/C12H14N4O3S2/c1-7-5-15-11(20-7)6-16-21(18,19)10-3-2-8(12(14)17)4-9(10)13/h2-5,16H,6,13H2,1H3,(H2,14,17).